The van der Waals surface area contributed by atoms with Crippen LogP contribution in [0.15, 0.2) is 23.8 Å². The second kappa shape index (κ2) is 20.4. The summed E-state index contributed by atoms with van der Waals surface area (Å²) in [6, 6.07) is 0. The number of hydrogen-bond acceptors (Lipinski definition) is 21. The number of hydrogen-bond donors (Lipinski definition) is 12. The molecule has 0 aromatic carbocycles. The summed E-state index contributed by atoms with van der Waals surface area (Å²) < 4.78 is 49.4. The molecular formula is C52H82O21. The van der Waals surface area contributed by atoms with Crippen LogP contribution in [0.4, 0.5) is 0 Å². The van der Waals surface area contributed by atoms with Crippen molar-refractivity contribution >= 4 is 5.97 Å². The van der Waals surface area contributed by atoms with Crippen LogP contribution in [0.1, 0.15) is 106 Å². The van der Waals surface area contributed by atoms with Crippen molar-refractivity contribution in [3.63, 3.8) is 0 Å². The van der Waals surface area contributed by atoms with E-state index in [0.717, 1.165) is 37.7 Å². The van der Waals surface area contributed by atoms with E-state index in [-0.39, 0.29) is 40.6 Å². The van der Waals surface area contributed by atoms with Gasteiger partial charge in [-0.15, -0.1) is 0 Å². The number of ether oxygens (including phenoxy) is 8. The normalized spacial score (nSPS) is 54.0. The first-order valence-electron chi connectivity index (χ1n) is 26.4. The zero-order valence-corrected chi connectivity index (χ0v) is 42.8. The fourth-order valence-corrected chi connectivity index (χ4v) is 15.7. The predicted octanol–water partition coefficient (Wildman–Crippen LogP) is -1.04. The van der Waals surface area contributed by atoms with Gasteiger partial charge in [-0.2, -0.15) is 0 Å². The SMILES string of the molecule is C=C1CC[C@]2(OC(=O)[C@@H]3O[C@H](CO)[C@@H](O)[C@H](O)[C@H]3O)CC[C@]3(C)C(=CC[C@H]4[C@@]5(C)CC[C@H](O[C@@H]6OC[C@H](O)[C@H](O[C@@H]7O[C@H](CO)[C@@H](O)[C@H](O)[C@H]7O)[C@H]6O[C@@H]6O[C@@H](C)[C@H](O)[C@@H](O)[C@H]6O)C(C)(C)[C@H]5CC[C@]43C)[C@@H]2C1. The molecule has 8 fully saturated rings. The monoisotopic (exact) mass is 1040 g/mol. The van der Waals surface area contributed by atoms with Crippen molar-refractivity contribution in [3.8, 4) is 0 Å². The van der Waals surface area contributed by atoms with E-state index < -0.39 is 153 Å². The zero-order chi connectivity index (χ0) is 53.1. The van der Waals surface area contributed by atoms with Gasteiger partial charge in [0.25, 0.3) is 0 Å². The van der Waals surface area contributed by atoms with Crippen molar-refractivity contribution in [2.75, 3.05) is 19.8 Å². The molecule has 4 saturated heterocycles. The molecule has 21 nitrogen and oxygen atoms in total. The van der Waals surface area contributed by atoms with Gasteiger partial charge in [-0.3, -0.25) is 0 Å². The number of aliphatic hydroxyl groups excluding tert-OH is 12. The van der Waals surface area contributed by atoms with Crippen molar-refractivity contribution in [1.82, 2.24) is 0 Å². The third-order valence-corrected chi connectivity index (χ3v) is 20.3. The van der Waals surface area contributed by atoms with E-state index in [1.54, 1.807) is 0 Å². The summed E-state index contributed by atoms with van der Waals surface area (Å²) in [5, 5.41) is 127. The van der Waals surface area contributed by atoms with Gasteiger partial charge in [-0.05, 0) is 105 Å². The van der Waals surface area contributed by atoms with Gasteiger partial charge in [0, 0.05) is 5.92 Å². The summed E-state index contributed by atoms with van der Waals surface area (Å²) in [6.07, 6.45) is -20.6. The fourth-order valence-electron chi connectivity index (χ4n) is 15.7. The van der Waals surface area contributed by atoms with Gasteiger partial charge in [0.05, 0.1) is 32.0 Å². The van der Waals surface area contributed by atoms with Crippen LogP contribution in [0.25, 0.3) is 0 Å². The molecule has 12 N–H and O–H groups in total. The van der Waals surface area contributed by atoms with E-state index in [2.05, 4.69) is 47.3 Å². The molecule has 4 saturated carbocycles. The Labute approximate surface area is 426 Å². The minimum absolute atomic E-state index is 0.128. The Kier molecular flexibility index (Phi) is 15.7. The molecule has 5 aliphatic carbocycles. The van der Waals surface area contributed by atoms with E-state index in [4.69, 9.17) is 37.9 Å². The Hall–Kier alpha value is -1.81. The Morgan fingerprint density at radius 1 is 0.671 bits per heavy atom. The van der Waals surface area contributed by atoms with Gasteiger partial charge in [0.1, 0.15) is 91.1 Å². The van der Waals surface area contributed by atoms with Crippen molar-refractivity contribution < 1.29 is 104 Å². The molecule has 0 unspecified atom stereocenters. The van der Waals surface area contributed by atoms with Crippen molar-refractivity contribution in [3.05, 3.63) is 23.8 Å². The summed E-state index contributed by atoms with van der Waals surface area (Å²) >= 11 is 0. The molecule has 73 heavy (non-hydrogen) atoms. The largest absolute Gasteiger partial charge is 0.456 e. The van der Waals surface area contributed by atoms with Gasteiger partial charge in [-0.25, -0.2) is 4.79 Å². The van der Waals surface area contributed by atoms with Crippen molar-refractivity contribution in [2.45, 2.75) is 234 Å². The van der Waals surface area contributed by atoms with Gasteiger partial charge < -0.3 is 99.2 Å². The first-order valence-corrected chi connectivity index (χ1v) is 26.4. The summed E-state index contributed by atoms with van der Waals surface area (Å²) in [5.74, 6) is -0.682. The molecule has 0 amide bonds. The molecule has 21 heteroatoms. The predicted molar refractivity (Wildman–Crippen MR) is 251 cm³/mol. The molecule has 9 aliphatic rings. The molecule has 27 atom stereocenters. The number of carbonyl (C=O) groups is 1. The summed E-state index contributed by atoms with van der Waals surface area (Å²) in [4.78, 5) is 14.0. The van der Waals surface area contributed by atoms with Crippen molar-refractivity contribution in [1.29, 1.82) is 0 Å². The Balaban J connectivity index is 0.964. The van der Waals surface area contributed by atoms with Crippen LogP contribution < -0.4 is 0 Å². The summed E-state index contributed by atoms with van der Waals surface area (Å²) in [6.45, 7) is 15.7. The van der Waals surface area contributed by atoms with Gasteiger partial charge in [0.15, 0.2) is 25.0 Å². The molecule has 0 spiro atoms. The topological polar surface area (TPSA) is 334 Å². The second-order valence-electron chi connectivity index (χ2n) is 24.4. The maximum absolute atomic E-state index is 14.0. The quantitative estimate of drug-likeness (QED) is 0.0706. The van der Waals surface area contributed by atoms with Crippen LogP contribution in [0.5, 0.6) is 0 Å². The summed E-state index contributed by atoms with van der Waals surface area (Å²) in [7, 11) is 0. The lowest BCUT2D eigenvalue weighted by molar-refractivity contribution is -0.388. The molecular weight excluding hydrogens is 961 g/mol. The van der Waals surface area contributed by atoms with Crippen LogP contribution in [-0.4, -0.2) is 215 Å². The standard InChI is InChI=1S/C52H82O21/c1-22-10-15-52(73-44(65)42-38(62)36(60)33(57)27(19-53)68-42)17-16-50(6)24(25(52)18-22)8-9-30-49(5)13-12-31(48(3,4)29(49)11-14-51(30,50)7)70-47-43(72-45-39(63)35(59)32(56)23(2)67-45)41(26(55)21-66-47)71-46-40(64)37(61)34(58)28(20-54)69-46/h8,23,25-43,45-47,53-64H,1,9-21H2,2-7H3/t23-,25-,26-,27+,28+,29+,30-,31-,32-,33+,34+,35+,36-,37-,38+,39+,40+,41-,42+,43+,45-,46-,47-,49-,50+,51+,52-/m0/s1. The average Bonchev–Trinajstić information content (AvgIpc) is 3.34. The Bertz CT molecular complexity index is 2040. The van der Waals surface area contributed by atoms with Crippen LogP contribution in [0, 0.1) is 39.4 Å². The van der Waals surface area contributed by atoms with Gasteiger partial charge >= 0.3 is 5.97 Å². The molecule has 0 radical (unpaired) electrons. The van der Waals surface area contributed by atoms with Crippen LogP contribution >= 0.6 is 0 Å². The second-order valence-corrected chi connectivity index (χ2v) is 24.4. The molecule has 416 valence electrons. The van der Waals surface area contributed by atoms with Crippen molar-refractivity contribution in [2.24, 2.45) is 39.4 Å². The number of rotatable bonds is 10. The number of fused-ring (bicyclic) bond motifs is 7. The van der Waals surface area contributed by atoms with Crippen LogP contribution in [-0.2, 0) is 42.7 Å². The van der Waals surface area contributed by atoms with Crippen LogP contribution in [0.2, 0.25) is 0 Å². The zero-order valence-electron chi connectivity index (χ0n) is 42.8. The highest BCUT2D eigenvalue weighted by atomic mass is 16.8. The summed E-state index contributed by atoms with van der Waals surface area (Å²) in [5.41, 5.74) is 0.184. The minimum Gasteiger partial charge on any atom is -0.456 e. The number of allylic oxidation sites excluding steroid dienone is 2. The average molecular weight is 1040 g/mol. The van der Waals surface area contributed by atoms with E-state index in [9.17, 15) is 66.1 Å². The molecule has 0 aromatic rings. The lowest BCUT2D eigenvalue weighted by atomic mass is 9.34. The number of aliphatic hydroxyl groups is 12. The van der Waals surface area contributed by atoms with E-state index >= 15 is 0 Å². The molecule has 4 heterocycles. The molecule has 0 aromatic heterocycles. The van der Waals surface area contributed by atoms with Gasteiger partial charge in [0.2, 0.25) is 0 Å². The third kappa shape index (κ3) is 9.12. The van der Waals surface area contributed by atoms with E-state index in [1.807, 2.05) is 0 Å². The van der Waals surface area contributed by atoms with E-state index in [0.29, 0.717) is 32.1 Å². The Morgan fingerprint density at radius 2 is 1.29 bits per heavy atom. The first-order chi connectivity index (χ1) is 34.3. The lowest BCUT2D eigenvalue weighted by Gasteiger charge is -2.71. The van der Waals surface area contributed by atoms with Gasteiger partial charge in [-0.1, -0.05) is 58.4 Å². The number of carbonyl (C=O) groups excluding carboxylic acids is 1. The van der Waals surface area contributed by atoms with E-state index in [1.165, 1.54) is 12.5 Å². The smallest absolute Gasteiger partial charge is 0.338 e. The maximum Gasteiger partial charge on any atom is 0.338 e. The highest BCUT2D eigenvalue weighted by molar-refractivity contribution is 5.76. The molecule has 0 bridgehead atoms. The lowest BCUT2D eigenvalue weighted by Crippen LogP contribution is -2.67. The molecule has 9 rings (SSSR count). The number of esters is 1. The highest BCUT2D eigenvalue weighted by Crippen LogP contribution is 2.75. The Morgan fingerprint density at radius 3 is 1.96 bits per heavy atom. The minimum atomic E-state index is -1.83. The fraction of sp³-hybridized carbons (Fsp3) is 0.904. The third-order valence-electron chi connectivity index (χ3n) is 20.3. The highest BCUT2D eigenvalue weighted by Gasteiger charge is 2.69. The first kappa shape index (κ1) is 55.9. The maximum atomic E-state index is 14.0. The molecule has 4 aliphatic heterocycles. The van der Waals surface area contributed by atoms with Crippen LogP contribution in [0.3, 0.4) is 0 Å².